The van der Waals surface area contributed by atoms with E-state index < -0.39 is 0 Å². The second-order valence-electron chi connectivity index (χ2n) is 6.30. The molecule has 2 aromatic heterocycles. The highest BCUT2D eigenvalue weighted by Crippen LogP contribution is 2.27. The molecule has 1 aliphatic carbocycles. The maximum Gasteiger partial charge on any atom is 0.278 e. The van der Waals surface area contributed by atoms with Gasteiger partial charge in [0.05, 0.1) is 5.69 Å². The van der Waals surface area contributed by atoms with E-state index >= 15 is 0 Å². The van der Waals surface area contributed by atoms with E-state index in [2.05, 4.69) is 20.6 Å². The average molecular weight is 388 g/mol. The number of hydrogen-bond acceptors (Lipinski definition) is 5. The predicted molar refractivity (Wildman–Crippen MR) is 102 cm³/mol. The average Bonchev–Trinajstić information content (AvgIpc) is 3.10. The molecule has 3 aromatic rings. The Morgan fingerprint density at radius 2 is 1.92 bits per heavy atom. The molecule has 1 amide bonds. The lowest BCUT2D eigenvalue weighted by Crippen LogP contribution is -2.15. The zero-order chi connectivity index (χ0) is 18.1. The minimum absolute atomic E-state index is 0.230. The predicted octanol–water partition coefficient (Wildman–Crippen LogP) is 4.21. The van der Waals surface area contributed by atoms with Crippen LogP contribution in [0.4, 0.5) is 5.13 Å². The molecule has 1 aliphatic rings. The third-order valence-corrected chi connectivity index (χ3v) is 5.47. The van der Waals surface area contributed by atoms with Gasteiger partial charge in [-0.05, 0) is 56.9 Å². The fourth-order valence-corrected chi connectivity index (χ4v) is 3.97. The summed E-state index contributed by atoms with van der Waals surface area (Å²) in [7, 11) is 0. The van der Waals surface area contributed by atoms with Gasteiger partial charge in [-0.3, -0.25) is 10.1 Å². The number of halogens is 1. The lowest BCUT2D eigenvalue weighted by molar-refractivity contribution is 0.102. The number of benzene rings is 1. The van der Waals surface area contributed by atoms with Crippen LogP contribution >= 0.6 is 22.9 Å². The third-order valence-electron chi connectivity index (χ3n) is 4.46. The van der Waals surface area contributed by atoms with Crippen molar-refractivity contribution in [2.75, 3.05) is 5.32 Å². The maximum absolute atomic E-state index is 12.8. The molecule has 6 nitrogen and oxygen atoms in total. The minimum Gasteiger partial charge on any atom is -0.295 e. The van der Waals surface area contributed by atoms with Crippen molar-refractivity contribution in [3.63, 3.8) is 0 Å². The largest absolute Gasteiger partial charge is 0.295 e. The molecule has 0 fully saturated rings. The number of nitrogens with zero attached hydrogens (tertiary/aromatic N) is 4. The van der Waals surface area contributed by atoms with Crippen LogP contribution in [0.3, 0.4) is 0 Å². The number of anilines is 1. The summed E-state index contributed by atoms with van der Waals surface area (Å²) in [5.74, 6) is -0.230. The van der Waals surface area contributed by atoms with Gasteiger partial charge in [0.15, 0.2) is 5.69 Å². The fourth-order valence-electron chi connectivity index (χ4n) is 3.26. The zero-order valence-electron chi connectivity index (χ0n) is 14.3. The van der Waals surface area contributed by atoms with Crippen molar-refractivity contribution < 1.29 is 4.79 Å². The standard InChI is InChI=1S/C18H18ClN5OS/c1-11-21-22-18(26-11)20-17(25)16-14-5-3-2-4-6-15(14)24(23-16)13-9-7-12(19)8-10-13/h7-10H,2-6H2,1H3,(H,20,22,25). The van der Waals surface area contributed by atoms with E-state index in [9.17, 15) is 4.79 Å². The van der Waals surface area contributed by atoms with Gasteiger partial charge >= 0.3 is 0 Å². The summed E-state index contributed by atoms with van der Waals surface area (Å²) in [6.07, 6.45) is 5.10. The van der Waals surface area contributed by atoms with Crippen molar-refractivity contribution in [1.29, 1.82) is 0 Å². The molecule has 1 aromatic carbocycles. The molecular weight excluding hydrogens is 370 g/mol. The Morgan fingerprint density at radius 1 is 1.15 bits per heavy atom. The quantitative estimate of drug-likeness (QED) is 0.683. The Balaban J connectivity index is 1.74. The van der Waals surface area contributed by atoms with Crippen molar-refractivity contribution in [3.8, 4) is 5.69 Å². The Bertz CT molecular complexity index is 947. The molecular formula is C18H18ClN5OS. The SMILES string of the molecule is Cc1nnc(NC(=O)c2nn(-c3ccc(Cl)cc3)c3c2CCCCC3)s1. The van der Waals surface area contributed by atoms with Crippen LogP contribution in [0.15, 0.2) is 24.3 Å². The van der Waals surface area contributed by atoms with Gasteiger partial charge in [0.2, 0.25) is 5.13 Å². The summed E-state index contributed by atoms with van der Waals surface area (Å²) in [5.41, 5.74) is 3.54. The number of nitrogens with one attached hydrogen (secondary N) is 1. The molecule has 0 atom stereocenters. The van der Waals surface area contributed by atoms with Crippen LogP contribution in [0.5, 0.6) is 0 Å². The molecule has 0 radical (unpaired) electrons. The monoisotopic (exact) mass is 387 g/mol. The van der Waals surface area contributed by atoms with E-state index in [4.69, 9.17) is 11.6 Å². The Morgan fingerprint density at radius 3 is 2.65 bits per heavy atom. The number of rotatable bonds is 3. The van der Waals surface area contributed by atoms with Crippen molar-refractivity contribution in [2.24, 2.45) is 0 Å². The van der Waals surface area contributed by atoms with E-state index in [1.165, 1.54) is 11.3 Å². The summed E-state index contributed by atoms with van der Waals surface area (Å²) in [4.78, 5) is 12.8. The normalized spacial score (nSPS) is 13.9. The van der Waals surface area contributed by atoms with Crippen LogP contribution in [0.1, 0.15) is 46.0 Å². The maximum atomic E-state index is 12.8. The number of carbonyl (C=O) groups excluding carboxylic acids is 1. The molecule has 134 valence electrons. The number of carbonyl (C=O) groups is 1. The van der Waals surface area contributed by atoms with Crippen molar-refractivity contribution in [3.05, 3.63) is 51.2 Å². The van der Waals surface area contributed by atoms with Crippen molar-refractivity contribution in [2.45, 2.75) is 39.0 Å². The van der Waals surface area contributed by atoms with E-state index in [1.807, 2.05) is 35.9 Å². The van der Waals surface area contributed by atoms with Crippen molar-refractivity contribution in [1.82, 2.24) is 20.0 Å². The molecule has 0 saturated carbocycles. The smallest absolute Gasteiger partial charge is 0.278 e. The summed E-state index contributed by atoms with van der Waals surface area (Å²) < 4.78 is 1.89. The highest BCUT2D eigenvalue weighted by molar-refractivity contribution is 7.15. The molecule has 0 spiro atoms. The van der Waals surface area contributed by atoms with Crippen LogP contribution in [-0.4, -0.2) is 25.9 Å². The molecule has 2 heterocycles. The second kappa shape index (κ2) is 7.17. The molecule has 0 unspecified atom stereocenters. The second-order valence-corrected chi connectivity index (χ2v) is 7.92. The lowest BCUT2D eigenvalue weighted by Gasteiger charge is -2.07. The van der Waals surface area contributed by atoms with E-state index in [1.54, 1.807) is 0 Å². The number of fused-ring (bicyclic) bond motifs is 1. The number of aromatic nitrogens is 4. The zero-order valence-corrected chi connectivity index (χ0v) is 15.9. The highest BCUT2D eigenvalue weighted by Gasteiger charge is 2.25. The molecule has 8 heteroatoms. The van der Waals surface area contributed by atoms with Gasteiger partial charge in [0.1, 0.15) is 5.01 Å². The summed E-state index contributed by atoms with van der Waals surface area (Å²) >= 11 is 7.36. The first kappa shape index (κ1) is 17.2. The Labute approximate surface area is 160 Å². The number of hydrogen-bond donors (Lipinski definition) is 1. The Kier molecular flexibility index (Phi) is 4.74. The molecule has 0 bridgehead atoms. The molecule has 0 saturated heterocycles. The highest BCUT2D eigenvalue weighted by atomic mass is 35.5. The summed E-state index contributed by atoms with van der Waals surface area (Å²) in [6.45, 7) is 1.86. The fraction of sp³-hybridized carbons (Fsp3) is 0.333. The molecule has 0 aliphatic heterocycles. The first-order valence-corrected chi connectivity index (χ1v) is 9.79. The van der Waals surface area contributed by atoms with Crippen LogP contribution in [0.2, 0.25) is 5.02 Å². The van der Waals surface area contributed by atoms with Gasteiger partial charge < -0.3 is 0 Å². The van der Waals surface area contributed by atoms with Crippen LogP contribution in [-0.2, 0) is 12.8 Å². The first-order chi connectivity index (χ1) is 12.6. The summed E-state index contributed by atoms with van der Waals surface area (Å²) in [5, 5.41) is 17.4. The molecule has 4 rings (SSSR count). The van der Waals surface area contributed by atoms with Crippen molar-refractivity contribution >= 4 is 34.0 Å². The Hall–Kier alpha value is -2.25. The third kappa shape index (κ3) is 3.37. The molecule has 26 heavy (non-hydrogen) atoms. The van der Waals surface area contributed by atoms with E-state index in [0.29, 0.717) is 15.8 Å². The van der Waals surface area contributed by atoms with Gasteiger partial charge in [-0.15, -0.1) is 10.2 Å². The first-order valence-electron chi connectivity index (χ1n) is 8.60. The lowest BCUT2D eigenvalue weighted by atomic mass is 10.1. The minimum atomic E-state index is -0.230. The van der Waals surface area contributed by atoms with Crippen LogP contribution < -0.4 is 5.32 Å². The number of amides is 1. The summed E-state index contributed by atoms with van der Waals surface area (Å²) in [6, 6.07) is 7.53. The molecule has 1 N–H and O–H groups in total. The van der Waals surface area contributed by atoms with Gasteiger partial charge in [-0.25, -0.2) is 4.68 Å². The van der Waals surface area contributed by atoms with Gasteiger partial charge in [0.25, 0.3) is 5.91 Å². The topological polar surface area (TPSA) is 72.7 Å². The van der Waals surface area contributed by atoms with Crippen LogP contribution in [0.25, 0.3) is 5.69 Å². The van der Waals surface area contributed by atoms with Gasteiger partial charge in [0, 0.05) is 16.3 Å². The van der Waals surface area contributed by atoms with Gasteiger partial charge in [-0.1, -0.05) is 29.4 Å². The van der Waals surface area contributed by atoms with Crippen LogP contribution in [0, 0.1) is 6.92 Å². The van der Waals surface area contributed by atoms with Gasteiger partial charge in [-0.2, -0.15) is 5.10 Å². The van der Waals surface area contributed by atoms with E-state index in [-0.39, 0.29) is 5.91 Å². The van der Waals surface area contributed by atoms with E-state index in [0.717, 1.165) is 54.1 Å². The number of aryl methyl sites for hydroxylation is 1.